The average molecular weight is 366 g/mol. The van der Waals surface area contributed by atoms with Crippen LogP contribution in [0.2, 0.25) is 0 Å². The molecule has 7 nitrogen and oxygen atoms in total. The third kappa shape index (κ3) is 5.50. The van der Waals surface area contributed by atoms with Crippen LogP contribution < -0.4 is 10.6 Å². The van der Waals surface area contributed by atoms with E-state index in [4.69, 9.17) is 4.74 Å². The largest absolute Gasteiger partial charge is 0.467 e. The van der Waals surface area contributed by atoms with Gasteiger partial charge in [0.1, 0.15) is 6.04 Å². The molecule has 24 heavy (non-hydrogen) atoms. The molecule has 1 heterocycles. The summed E-state index contributed by atoms with van der Waals surface area (Å²) < 4.78 is 5.46. The van der Waals surface area contributed by atoms with Gasteiger partial charge in [0.2, 0.25) is 11.0 Å². The Morgan fingerprint density at radius 2 is 2.04 bits per heavy atom. The predicted molar refractivity (Wildman–Crippen MR) is 94.3 cm³/mol. The summed E-state index contributed by atoms with van der Waals surface area (Å²) in [6, 6.07) is 8.75. The molecule has 0 fully saturated rings. The van der Waals surface area contributed by atoms with Gasteiger partial charge < -0.3 is 15.4 Å². The lowest BCUT2D eigenvalue weighted by Crippen LogP contribution is -2.43. The number of benzene rings is 1. The number of rotatable bonds is 8. The summed E-state index contributed by atoms with van der Waals surface area (Å²) in [5.74, 6) is -0.571. The van der Waals surface area contributed by atoms with Crippen molar-refractivity contribution in [2.24, 2.45) is 0 Å². The van der Waals surface area contributed by atoms with Crippen LogP contribution in [0.1, 0.15) is 5.56 Å². The van der Waals surface area contributed by atoms with Gasteiger partial charge in [-0.25, -0.2) is 4.79 Å². The molecule has 0 aliphatic heterocycles. The van der Waals surface area contributed by atoms with Crippen molar-refractivity contribution in [2.75, 3.05) is 25.2 Å². The van der Waals surface area contributed by atoms with Crippen molar-refractivity contribution in [1.29, 1.82) is 0 Å². The number of hydrogen-bond acceptors (Lipinski definition) is 8. The summed E-state index contributed by atoms with van der Waals surface area (Å²) in [4.78, 5) is 24.0. The Morgan fingerprint density at radius 3 is 2.67 bits per heavy atom. The number of amides is 1. The summed E-state index contributed by atoms with van der Waals surface area (Å²) >= 11 is 2.64. The molecule has 0 unspecified atom stereocenters. The summed E-state index contributed by atoms with van der Waals surface area (Å²) in [5, 5.41) is 14.1. The van der Waals surface area contributed by atoms with E-state index < -0.39 is 12.0 Å². The minimum atomic E-state index is -0.715. The first kappa shape index (κ1) is 18.2. The van der Waals surface area contributed by atoms with Gasteiger partial charge in [-0.15, -0.1) is 10.2 Å². The summed E-state index contributed by atoms with van der Waals surface area (Å²) in [5.41, 5.74) is 0.948. The van der Waals surface area contributed by atoms with Crippen LogP contribution in [-0.2, 0) is 20.7 Å². The number of nitrogens with zero attached hydrogens (tertiary/aromatic N) is 2. The van der Waals surface area contributed by atoms with E-state index in [2.05, 4.69) is 20.8 Å². The topological polar surface area (TPSA) is 93.2 Å². The van der Waals surface area contributed by atoms with Gasteiger partial charge in [0.25, 0.3) is 0 Å². The van der Waals surface area contributed by atoms with Gasteiger partial charge >= 0.3 is 5.97 Å². The van der Waals surface area contributed by atoms with E-state index >= 15 is 0 Å². The molecule has 1 amide bonds. The quantitative estimate of drug-likeness (QED) is 0.541. The zero-order valence-electron chi connectivity index (χ0n) is 13.3. The Bertz CT molecular complexity index is 678. The third-order valence-corrected chi connectivity index (χ3v) is 5.12. The number of anilines is 1. The van der Waals surface area contributed by atoms with Crippen LogP contribution in [0.15, 0.2) is 34.7 Å². The molecule has 0 spiro atoms. The molecule has 9 heteroatoms. The SMILES string of the molecule is CNc1nnc(SCC(=O)N[C@H](Cc2ccccc2)C(=O)OC)s1. The van der Waals surface area contributed by atoms with Gasteiger partial charge in [-0.05, 0) is 5.56 Å². The molecule has 0 bridgehead atoms. The zero-order chi connectivity index (χ0) is 17.4. The van der Waals surface area contributed by atoms with E-state index in [-0.39, 0.29) is 11.7 Å². The standard InChI is InChI=1S/C15H18N4O3S2/c1-16-14-18-19-15(24-14)23-9-12(20)17-11(13(21)22-2)8-10-6-4-3-5-7-10/h3-7,11H,8-9H2,1-2H3,(H,16,18)(H,17,20)/t11-/m1/s1. The van der Waals surface area contributed by atoms with Gasteiger partial charge in [-0.2, -0.15) is 0 Å². The summed E-state index contributed by atoms with van der Waals surface area (Å²) in [7, 11) is 3.06. The molecule has 0 aliphatic rings. The highest BCUT2D eigenvalue weighted by molar-refractivity contribution is 8.01. The van der Waals surface area contributed by atoms with E-state index in [0.29, 0.717) is 15.9 Å². The normalized spacial score (nSPS) is 11.6. The summed E-state index contributed by atoms with van der Waals surface area (Å²) in [6.07, 6.45) is 0.382. The van der Waals surface area contributed by atoms with Gasteiger partial charge in [0, 0.05) is 13.5 Å². The molecular weight excluding hydrogens is 348 g/mol. The van der Waals surface area contributed by atoms with Crippen molar-refractivity contribution >= 4 is 40.1 Å². The maximum Gasteiger partial charge on any atom is 0.328 e. The lowest BCUT2D eigenvalue weighted by Gasteiger charge is -2.16. The number of hydrogen-bond donors (Lipinski definition) is 2. The van der Waals surface area contributed by atoms with Gasteiger partial charge in [-0.1, -0.05) is 53.4 Å². The molecule has 1 aromatic heterocycles. The highest BCUT2D eigenvalue weighted by atomic mass is 32.2. The van der Waals surface area contributed by atoms with Crippen molar-refractivity contribution < 1.29 is 14.3 Å². The molecule has 128 valence electrons. The predicted octanol–water partition coefficient (Wildman–Crippen LogP) is 1.57. The number of nitrogens with one attached hydrogen (secondary N) is 2. The van der Waals surface area contributed by atoms with E-state index in [1.54, 1.807) is 7.05 Å². The number of ether oxygens (including phenoxy) is 1. The minimum absolute atomic E-state index is 0.153. The number of carbonyl (C=O) groups is 2. The molecule has 0 radical (unpaired) electrons. The van der Waals surface area contributed by atoms with Crippen LogP contribution in [-0.4, -0.2) is 48.0 Å². The minimum Gasteiger partial charge on any atom is -0.467 e. The van der Waals surface area contributed by atoms with Crippen LogP contribution in [0.25, 0.3) is 0 Å². The fraction of sp³-hybridized carbons (Fsp3) is 0.333. The van der Waals surface area contributed by atoms with Crippen LogP contribution in [0.5, 0.6) is 0 Å². The summed E-state index contributed by atoms with van der Waals surface area (Å²) in [6.45, 7) is 0. The van der Waals surface area contributed by atoms with Gasteiger partial charge in [-0.3, -0.25) is 4.79 Å². The van der Waals surface area contributed by atoms with Crippen LogP contribution in [0, 0.1) is 0 Å². The number of carbonyl (C=O) groups excluding carboxylic acids is 2. The van der Waals surface area contributed by atoms with Crippen molar-refractivity contribution in [1.82, 2.24) is 15.5 Å². The Hall–Kier alpha value is -2.13. The first-order valence-corrected chi connectivity index (χ1v) is 8.97. The van der Waals surface area contributed by atoms with E-state index in [9.17, 15) is 9.59 Å². The van der Waals surface area contributed by atoms with Crippen molar-refractivity contribution in [2.45, 2.75) is 16.8 Å². The number of aromatic nitrogens is 2. The molecule has 1 atom stereocenters. The van der Waals surface area contributed by atoms with Crippen LogP contribution in [0.3, 0.4) is 0 Å². The van der Waals surface area contributed by atoms with Gasteiger partial charge in [0.05, 0.1) is 12.9 Å². The lowest BCUT2D eigenvalue weighted by molar-refractivity contribution is -0.144. The second kappa shape index (κ2) is 9.24. The monoisotopic (exact) mass is 366 g/mol. The Morgan fingerprint density at radius 1 is 1.29 bits per heavy atom. The maximum absolute atomic E-state index is 12.1. The van der Waals surface area contributed by atoms with Crippen molar-refractivity contribution in [3.63, 3.8) is 0 Å². The van der Waals surface area contributed by atoms with Crippen LogP contribution in [0.4, 0.5) is 5.13 Å². The molecule has 2 rings (SSSR count). The van der Waals surface area contributed by atoms with Gasteiger partial charge in [0.15, 0.2) is 4.34 Å². The Kier molecular flexibility index (Phi) is 7.01. The smallest absolute Gasteiger partial charge is 0.328 e. The second-order valence-corrected chi connectivity index (χ2v) is 6.94. The molecule has 1 aromatic carbocycles. The zero-order valence-corrected chi connectivity index (χ0v) is 14.9. The number of thioether (sulfide) groups is 1. The molecule has 0 saturated carbocycles. The lowest BCUT2D eigenvalue weighted by atomic mass is 10.1. The highest BCUT2D eigenvalue weighted by Crippen LogP contribution is 2.24. The molecule has 2 N–H and O–H groups in total. The highest BCUT2D eigenvalue weighted by Gasteiger charge is 2.22. The number of esters is 1. The van der Waals surface area contributed by atoms with E-state index in [0.717, 1.165) is 5.56 Å². The Balaban J connectivity index is 1.90. The van der Waals surface area contributed by atoms with Crippen molar-refractivity contribution in [3.05, 3.63) is 35.9 Å². The van der Waals surface area contributed by atoms with Crippen molar-refractivity contribution in [3.8, 4) is 0 Å². The third-order valence-electron chi connectivity index (χ3n) is 3.05. The first-order chi connectivity index (χ1) is 11.6. The molecule has 0 aliphatic carbocycles. The molecule has 2 aromatic rings. The van der Waals surface area contributed by atoms with E-state index in [1.165, 1.54) is 30.2 Å². The maximum atomic E-state index is 12.1. The second-order valence-electron chi connectivity index (χ2n) is 4.74. The van der Waals surface area contributed by atoms with Crippen LogP contribution >= 0.6 is 23.1 Å². The molecule has 0 saturated heterocycles. The first-order valence-electron chi connectivity index (χ1n) is 7.17. The Labute approximate surface area is 148 Å². The average Bonchev–Trinajstić information content (AvgIpc) is 3.07. The fourth-order valence-electron chi connectivity index (χ4n) is 1.92. The van der Waals surface area contributed by atoms with E-state index in [1.807, 2.05) is 30.3 Å². The fourth-order valence-corrected chi connectivity index (χ4v) is 3.43. The number of methoxy groups -OCH3 is 1. The molecular formula is C15H18N4O3S2.